The third kappa shape index (κ3) is 3.58. The second-order valence-corrected chi connectivity index (χ2v) is 8.13. The molecule has 2 amide bonds. The Balaban J connectivity index is 1.34. The monoisotopic (exact) mass is 400 g/mol. The van der Waals surface area contributed by atoms with Crippen LogP contribution in [0, 0.1) is 5.92 Å². The van der Waals surface area contributed by atoms with Crippen LogP contribution < -0.4 is 9.47 Å². The van der Waals surface area contributed by atoms with Crippen LogP contribution in [-0.4, -0.2) is 62.0 Å². The molecule has 1 aliphatic heterocycles. The van der Waals surface area contributed by atoms with Gasteiger partial charge in [-0.3, -0.25) is 9.59 Å². The highest BCUT2D eigenvalue weighted by Crippen LogP contribution is 2.50. The molecule has 2 fully saturated rings. The minimum absolute atomic E-state index is 0.0454. The molecule has 2 atom stereocenters. The summed E-state index contributed by atoms with van der Waals surface area (Å²) >= 11 is 1.73. The number of piperazine rings is 1. The summed E-state index contributed by atoms with van der Waals surface area (Å²) < 4.78 is 10.5. The van der Waals surface area contributed by atoms with Crippen LogP contribution in [0.5, 0.6) is 11.5 Å². The number of ether oxygens (including phenoxy) is 2. The van der Waals surface area contributed by atoms with Crippen molar-refractivity contribution < 1.29 is 19.1 Å². The highest BCUT2D eigenvalue weighted by atomic mass is 32.1. The maximum Gasteiger partial charge on any atom is 0.254 e. The molecule has 0 bridgehead atoms. The Morgan fingerprint density at radius 1 is 1.00 bits per heavy atom. The van der Waals surface area contributed by atoms with E-state index in [2.05, 4.69) is 11.4 Å². The van der Waals surface area contributed by atoms with Crippen molar-refractivity contribution in [2.45, 2.75) is 12.3 Å². The minimum Gasteiger partial charge on any atom is -0.493 e. The summed E-state index contributed by atoms with van der Waals surface area (Å²) in [4.78, 5) is 30.6. The van der Waals surface area contributed by atoms with Gasteiger partial charge in [-0.15, -0.1) is 11.3 Å². The van der Waals surface area contributed by atoms with Crippen molar-refractivity contribution >= 4 is 23.2 Å². The van der Waals surface area contributed by atoms with Crippen molar-refractivity contribution in [1.82, 2.24) is 9.80 Å². The molecule has 28 heavy (non-hydrogen) atoms. The lowest BCUT2D eigenvalue weighted by atomic mass is 10.1. The van der Waals surface area contributed by atoms with E-state index in [9.17, 15) is 9.59 Å². The summed E-state index contributed by atoms with van der Waals surface area (Å²) in [6, 6.07) is 9.34. The standard InChI is InChI=1S/C21H24N2O4S/c1-26-17-6-5-14(12-18(17)27-2)20(24)22-7-9-23(10-8-22)21(25)16-13-15(16)19-4-3-11-28-19/h3-6,11-12,15-16H,7-10,13H2,1-2H3. The van der Waals surface area contributed by atoms with Crippen LogP contribution in [-0.2, 0) is 4.79 Å². The largest absolute Gasteiger partial charge is 0.493 e. The number of carbonyl (C=O) groups excluding carboxylic acids is 2. The first-order valence-corrected chi connectivity index (χ1v) is 10.3. The number of benzene rings is 1. The Kier molecular flexibility index (Phi) is 5.26. The van der Waals surface area contributed by atoms with Gasteiger partial charge in [-0.25, -0.2) is 0 Å². The molecule has 1 saturated heterocycles. The van der Waals surface area contributed by atoms with Crippen molar-refractivity contribution in [3.63, 3.8) is 0 Å². The molecule has 1 aliphatic carbocycles. The van der Waals surface area contributed by atoms with Gasteiger partial charge in [-0.2, -0.15) is 0 Å². The maximum absolute atomic E-state index is 12.8. The van der Waals surface area contributed by atoms with Crippen molar-refractivity contribution in [1.29, 1.82) is 0 Å². The first-order chi connectivity index (χ1) is 13.6. The van der Waals surface area contributed by atoms with E-state index in [-0.39, 0.29) is 17.7 Å². The predicted molar refractivity (Wildman–Crippen MR) is 107 cm³/mol. The number of nitrogens with zero attached hydrogens (tertiary/aromatic N) is 2. The third-order valence-electron chi connectivity index (χ3n) is 5.53. The SMILES string of the molecule is COc1ccc(C(=O)N2CCN(C(=O)C3CC3c3cccs3)CC2)cc1OC. The van der Waals surface area contributed by atoms with E-state index >= 15 is 0 Å². The predicted octanol–water partition coefficient (Wildman–Crippen LogP) is 2.85. The van der Waals surface area contributed by atoms with Crippen LogP contribution in [0.2, 0.25) is 0 Å². The maximum atomic E-state index is 12.8. The molecule has 7 heteroatoms. The molecular weight excluding hydrogens is 376 g/mol. The minimum atomic E-state index is -0.0454. The first-order valence-electron chi connectivity index (χ1n) is 9.46. The Labute approximate surface area is 168 Å². The highest BCUT2D eigenvalue weighted by molar-refractivity contribution is 7.10. The van der Waals surface area contributed by atoms with E-state index in [0.29, 0.717) is 49.2 Å². The summed E-state index contributed by atoms with van der Waals surface area (Å²) in [6.45, 7) is 2.28. The number of rotatable bonds is 5. The van der Waals surface area contributed by atoms with E-state index in [1.807, 2.05) is 11.0 Å². The van der Waals surface area contributed by atoms with Crippen molar-refractivity contribution in [2.24, 2.45) is 5.92 Å². The first kappa shape index (κ1) is 18.8. The average Bonchev–Trinajstić information content (AvgIpc) is 3.36. The Bertz CT molecular complexity index is 859. The second kappa shape index (κ2) is 7.83. The number of hydrogen-bond acceptors (Lipinski definition) is 5. The molecule has 2 aromatic rings. The van der Waals surface area contributed by atoms with Crippen molar-refractivity contribution in [3.8, 4) is 11.5 Å². The molecule has 1 aromatic heterocycles. The molecule has 2 aliphatic rings. The average molecular weight is 401 g/mol. The fraction of sp³-hybridized carbons (Fsp3) is 0.429. The van der Waals surface area contributed by atoms with Gasteiger partial charge in [-0.1, -0.05) is 6.07 Å². The quantitative estimate of drug-likeness (QED) is 0.774. The lowest BCUT2D eigenvalue weighted by Crippen LogP contribution is -2.51. The molecule has 0 radical (unpaired) electrons. The molecule has 0 N–H and O–H groups in total. The van der Waals surface area contributed by atoms with Gasteiger partial charge in [0.15, 0.2) is 11.5 Å². The normalized spacial score (nSPS) is 21.4. The smallest absolute Gasteiger partial charge is 0.254 e. The molecule has 148 valence electrons. The summed E-state index contributed by atoms with van der Waals surface area (Å²) in [7, 11) is 3.12. The van der Waals surface area contributed by atoms with Crippen LogP contribution in [0.25, 0.3) is 0 Å². The second-order valence-electron chi connectivity index (χ2n) is 7.15. The fourth-order valence-electron chi connectivity index (χ4n) is 3.80. The molecule has 2 heterocycles. The van der Waals surface area contributed by atoms with E-state index in [4.69, 9.17) is 9.47 Å². The topological polar surface area (TPSA) is 59.1 Å². The van der Waals surface area contributed by atoms with Gasteiger partial charge >= 0.3 is 0 Å². The Hall–Kier alpha value is -2.54. The summed E-state index contributed by atoms with van der Waals surface area (Å²) in [5.74, 6) is 1.83. The fourth-order valence-corrected chi connectivity index (χ4v) is 4.71. The lowest BCUT2D eigenvalue weighted by molar-refractivity contribution is -0.134. The third-order valence-corrected chi connectivity index (χ3v) is 6.53. The van der Waals surface area contributed by atoms with Gasteiger partial charge in [0, 0.05) is 48.5 Å². The van der Waals surface area contributed by atoms with E-state index in [1.165, 1.54) is 4.88 Å². The molecule has 4 rings (SSSR count). The number of thiophene rings is 1. The number of carbonyl (C=O) groups is 2. The Morgan fingerprint density at radius 3 is 2.36 bits per heavy atom. The van der Waals surface area contributed by atoms with E-state index < -0.39 is 0 Å². The summed E-state index contributed by atoms with van der Waals surface area (Å²) in [5, 5.41) is 2.06. The van der Waals surface area contributed by atoms with Gasteiger partial charge < -0.3 is 19.3 Å². The van der Waals surface area contributed by atoms with Crippen LogP contribution in [0.3, 0.4) is 0 Å². The summed E-state index contributed by atoms with van der Waals surface area (Å²) in [6.07, 6.45) is 0.949. The van der Waals surface area contributed by atoms with Crippen LogP contribution in [0.4, 0.5) is 0 Å². The van der Waals surface area contributed by atoms with Crippen LogP contribution in [0.15, 0.2) is 35.7 Å². The van der Waals surface area contributed by atoms with Crippen LogP contribution in [0.1, 0.15) is 27.6 Å². The van der Waals surface area contributed by atoms with E-state index in [0.717, 1.165) is 6.42 Å². The zero-order chi connectivity index (χ0) is 19.7. The Morgan fingerprint density at radius 2 is 1.71 bits per heavy atom. The van der Waals surface area contributed by atoms with Crippen molar-refractivity contribution in [3.05, 3.63) is 46.2 Å². The van der Waals surface area contributed by atoms with Gasteiger partial charge in [0.05, 0.1) is 14.2 Å². The zero-order valence-electron chi connectivity index (χ0n) is 16.1. The number of hydrogen-bond donors (Lipinski definition) is 0. The van der Waals surface area contributed by atoms with Gasteiger partial charge in [0.1, 0.15) is 0 Å². The van der Waals surface area contributed by atoms with Gasteiger partial charge in [0.2, 0.25) is 5.91 Å². The molecule has 2 unspecified atom stereocenters. The molecule has 1 aromatic carbocycles. The van der Waals surface area contributed by atoms with Gasteiger partial charge in [-0.05, 0) is 36.1 Å². The van der Waals surface area contributed by atoms with Crippen molar-refractivity contribution in [2.75, 3.05) is 40.4 Å². The number of amides is 2. The molecular formula is C21H24N2O4S. The summed E-state index contributed by atoms with van der Waals surface area (Å²) in [5.41, 5.74) is 0.567. The van der Waals surface area contributed by atoms with Gasteiger partial charge in [0.25, 0.3) is 5.91 Å². The zero-order valence-corrected chi connectivity index (χ0v) is 16.9. The highest BCUT2D eigenvalue weighted by Gasteiger charge is 2.46. The molecule has 6 nitrogen and oxygen atoms in total. The molecule has 1 saturated carbocycles. The lowest BCUT2D eigenvalue weighted by Gasteiger charge is -2.35. The number of methoxy groups -OCH3 is 2. The molecule has 0 spiro atoms. The van der Waals surface area contributed by atoms with Crippen LogP contribution >= 0.6 is 11.3 Å². The van der Waals surface area contributed by atoms with E-state index in [1.54, 1.807) is 48.7 Å².